The van der Waals surface area contributed by atoms with E-state index in [-0.39, 0.29) is 12.2 Å². The van der Waals surface area contributed by atoms with E-state index >= 15 is 0 Å². The Morgan fingerprint density at radius 1 is 0.857 bits per heavy atom. The third kappa shape index (κ3) is 4.15. The van der Waals surface area contributed by atoms with Gasteiger partial charge in [0.25, 0.3) is 0 Å². The zero-order valence-corrected chi connectivity index (χ0v) is 8.88. The number of rotatable bonds is 2. The van der Waals surface area contributed by atoms with Gasteiger partial charge in [-0.25, -0.2) is 9.59 Å². The van der Waals surface area contributed by atoms with Gasteiger partial charge in [-0.05, 0) is 25.7 Å². The molecule has 1 saturated carbocycles. The molecule has 1 fully saturated rings. The Kier molecular flexibility index (Phi) is 4.48. The van der Waals surface area contributed by atoms with Gasteiger partial charge in [0.15, 0.2) is 0 Å². The van der Waals surface area contributed by atoms with Crippen molar-refractivity contribution in [2.45, 2.75) is 37.9 Å². The van der Waals surface area contributed by atoms with Gasteiger partial charge in [0.2, 0.25) is 0 Å². The molecule has 1 aliphatic rings. The van der Waals surface area contributed by atoms with Crippen LogP contribution in [0.2, 0.25) is 0 Å². The minimum absolute atomic E-state index is 0.162. The molecule has 0 amide bonds. The summed E-state index contributed by atoms with van der Waals surface area (Å²) in [4.78, 5) is 20.8. The van der Waals surface area contributed by atoms with Gasteiger partial charge in [0, 0.05) is 23.2 Å². The highest BCUT2D eigenvalue weighted by Gasteiger charge is 2.25. The first-order valence-corrected chi connectivity index (χ1v) is 5.05. The Labute approximate surface area is 91.4 Å². The van der Waals surface area contributed by atoms with Crippen LogP contribution in [0.3, 0.4) is 0 Å². The van der Waals surface area contributed by atoms with Crippen LogP contribution in [-0.2, 0) is 9.47 Å². The van der Waals surface area contributed by atoms with Crippen molar-refractivity contribution in [1.82, 2.24) is 0 Å². The molecular weight excluding hydrogens is 231 g/mol. The second kappa shape index (κ2) is 5.41. The molecule has 0 aromatic heterocycles. The van der Waals surface area contributed by atoms with Gasteiger partial charge in [0.05, 0.1) is 0 Å². The Morgan fingerprint density at radius 3 is 1.36 bits per heavy atom. The molecular formula is C8H10Cl2O4. The monoisotopic (exact) mass is 240 g/mol. The zero-order chi connectivity index (χ0) is 10.6. The second-order valence-electron chi connectivity index (χ2n) is 3.11. The van der Waals surface area contributed by atoms with Gasteiger partial charge in [-0.15, -0.1) is 0 Å². The molecule has 0 unspecified atom stereocenters. The topological polar surface area (TPSA) is 52.6 Å². The van der Waals surface area contributed by atoms with Crippen LogP contribution in [0.25, 0.3) is 0 Å². The number of hydrogen-bond acceptors (Lipinski definition) is 4. The normalized spacial score (nSPS) is 26.7. The van der Waals surface area contributed by atoms with Gasteiger partial charge in [-0.2, -0.15) is 0 Å². The molecule has 0 heterocycles. The fraction of sp³-hybridized carbons (Fsp3) is 0.750. The summed E-state index contributed by atoms with van der Waals surface area (Å²) < 4.78 is 9.59. The van der Waals surface area contributed by atoms with Gasteiger partial charge >= 0.3 is 10.9 Å². The molecule has 0 aromatic carbocycles. The van der Waals surface area contributed by atoms with E-state index in [1.807, 2.05) is 0 Å². The Hall–Kier alpha value is -0.480. The lowest BCUT2D eigenvalue weighted by atomic mass is 9.95. The summed E-state index contributed by atoms with van der Waals surface area (Å²) in [7, 11) is 0. The molecule has 0 aromatic rings. The number of carbonyl (C=O) groups is 2. The summed E-state index contributed by atoms with van der Waals surface area (Å²) in [5, 5.41) is 0. The molecule has 6 heteroatoms. The maximum Gasteiger partial charge on any atom is 0.404 e. The fourth-order valence-electron chi connectivity index (χ4n) is 1.53. The van der Waals surface area contributed by atoms with Crippen LogP contribution >= 0.6 is 23.2 Å². The van der Waals surface area contributed by atoms with E-state index in [4.69, 9.17) is 32.7 Å². The van der Waals surface area contributed by atoms with Crippen molar-refractivity contribution in [1.29, 1.82) is 0 Å². The van der Waals surface area contributed by atoms with Crippen LogP contribution in [-0.4, -0.2) is 23.1 Å². The molecule has 1 rings (SSSR count). The largest absolute Gasteiger partial charge is 0.450 e. The van der Waals surface area contributed by atoms with E-state index in [1.54, 1.807) is 0 Å². The highest BCUT2D eigenvalue weighted by Crippen LogP contribution is 2.24. The summed E-state index contributed by atoms with van der Waals surface area (Å²) in [6.07, 6.45) is 2.26. The lowest BCUT2D eigenvalue weighted by Gasteiger charge is -2.26. The number of halogens is 2. The van der Waals surface area contributed by atoms with Gasteiger partial charge in [0.1, 0.15) is 12.2 Å². The van der Waals surface area contributed by atoms with Crippen LogP contribution in [0.1, 0.15) is 25.7 Å². The molecule has 4 nitrogen and oxygen atoms in total. The summed E-state index contributed by atoms with van der Waals surface area (Å²) in [5.41, 5.74) is -1.58. The predicted octanol–water partition coefficient (Wildman–Crippen LogP) is 3.05. The van der Waals surface area contributed by atoms with E-state index in [9.17, 15) is 9.59 Å². The molecule has 0 bridgehead atoms. The smallest absolute Gasteiger partial charge is 0.404 e. The highest BCUT2D eigenvalue weighted by atomic mass is 35.5. The number of hydrogen-bond donors (Lipinski definition) is 0. The molecule has 0 radical (unpaired) electrons. The van der Waals surface area contributed by atoms with Crippen LogP contribution in [0.5, 0.6) is 0 Å². The fourth-order valence-corrected chi connectivity index (χ4v) is 1.78. The van der Waals surface area contributed by atoms with Crippen molar-refractivity contribution in [3.63, 3.8) is 0 Å². The van der Waals surface area contributed by atoms with E-state index in [2.05, 4.69) is 0 Å². The highest BCUT2D eigenvalue weighted by molar-refractivity contribution is 6.61. The van der Waals surface area contributed by atoms with Crippen LogP contribution < -0.4 is 0 Å². The quantitative estimate of drug-likeness (QED) is 0.697. The van der Waals surface area contributed by atoms with E-state index < -0.39 is 10.9 Å². The van der Waals surface area contributed by atoms with Crippen LogP contribution in [0, 0.1) is 0 Å². The minimum atomic E-state index is -0.789. The van der Waals surface area contributed by atoms with Crippen molar-refractivity contribution >= 4 is 34.1 Å². The zero-order valence-electron chi connectivity index (χ0n) is 7.37. The summed E-state index contributed by atoms with van der Waals surface area (Å²) >= 11 is 10.1. The van der Waals surface area contributed by atoms with Gasteiger partial charge in [-0.3, -0.25) is 0 Å². The minimum Gasteiger partial charge on any atom is -0.450 e. The first-order valence-electron chi connectivity index (χ1n) is 4.30. The first-order chi connectivity index (χ1) is 6.58. The lowest BCUT2D eigenvalue weighted by molar-refractivity contribution is 0.0378. The Balaban J connectivity index is 2.24. The maximum absolute atomic E-state index is 10.4. The molecule has 0 saturated heterocycles. The van der Waals surface area contributed by atoms with Crippen LogP contribution in [0.4, 0.5) is 9.59 Å². The predicted molar refractivity (Wildman–Crippen MR) is 50.7 cm³/mol. The Morgan fingerprint density at radius 2 is 1.14 bits per heavy atom. The van der Waals surface area contributed by atoms with E-state index in [0.29, 0.717) is 25.7 Å². The van der Waals surface area contributed by atoms with Crippen molar-refractivity contribution in [2.75, 3.05) is 0 Å². The van der Waals surface area contributed by atoms with Crippen molar-refractivity contribution < 1.29 is 19.1 Å². The molecule has 1 aliphatic carbocycles. The SMILES string of the molecule is O=C(Cl)O[C@H]1CC[C@@H](OC(=O)Cl)CC1. The van der Waals surface area contributed by atoms with E-state index in [1.165, 1.54) is 0 Å². The van der Waals surface area contributed by atoms with Crippen molar-refractivity contribution in [3.05, 3.63) is 0 Å². The molecule has 0 atom stereocenters. The average molecular weight is 241 g/mol. The van der Waals surface area contributed by atoms with Crippen molar-refractivity contribution in [3.8, 4) is 0 Å². The number of carbonyl (C=O) groups excluding carboxylic acids is 2. The van der Waals surface area contributed by atoms with Gasteiger partial charge in [-0.1, -0.05) is 0 Å². The summed E-state index contributed by atoms with van der Waals surface area (Å²) in [6, 6.07) is 0. The Bertz CT molecular complexity index is 199. The molecule has 80 valence electrons. The van der Waals surface area contributed by atoms with Crippen molar-refractivity contribution in [2.24, 2.45) is 0 Å². The van der Waals surface area contributed by atoms with E-state index in [0.717, 1.165) is 0 Å². The average Bonchev–Trinajstić information content (AvgIpc) is 2.06. The second-order valence-corrected chi connectivity index (χ2v) is 3.73. The summed E-state index contributed by atoms with van der Waals surface area (Å²) in [6.45, 7) is 0. The third-order valence-electron chi connectivity index (χ3n) is 2.14. The molecule has 14 heavy (non-hydrogen) atoms. The molecule has 0 aliphatic heterocycles. The number of ether oxygens (including phenoxy) is 2. The van der Waals surface area contributed by atoms with Crippen LogP contribution in [0.15, 0.2) is 0 Å². The van der Waals surface area contributed by atoms with Gasteiger partial charge < -0.3 is 9.47 Å². The third-order valence-corrected chi connectivity index (χ3v) is 2.32. The first kappa shape index (κ1) is 11.6. The standard InChI is InChI=1S/C8H10Cl2O4/c9-7(11)13-5-1-2-6(4-3-5)14-8(10)12/h5-6H,1-4H2/t5-,6+. The lowest BCUT2D eigenvalue weighted by Crippen LogP contribution is -2.27. The molecule has 0 spiro atoms. The maximum atomic E-state index is 10.4. The summed E-state index contributed by atoms with van der Waals surface area (Å²) in [5.74, 6) is 0. The molecule has 0 N–H and O–H groups in total.